The maximum Gasteiger partial charge on any atom is 0.308 e. The molecule has 25 heavy (non-hydrogen) atoms. The van der Waals surface area contributed by atoms with E-state index in [0.29, 0.717) is 29.1 Å². The highest BCUT2D eigenvalue weighted by molar-refractivity contribution is 5.99. The summed E-state index contributed by atoms with van der Waals surface area (Å²) < 4.78 is 16.6. The van der Waals surface area contributed by atoms with E-state index < -0.39 is 11.9 Å². The van der Waals surface area contributed by atoms with Crippen molar-refractivity contribution in [2.75, 3.05) is 7.11 Å². The molecule has 0 saturated heterocycles. The lowest BCUT2D eigenvalue weighted by Gasteiger charge is -2.20. The van der Waals surface area contributed by atoms with Gasteiger partial charge in [-0.15, -0.1) is 0 Å². The number of methoxy groups -OCH3 is 1. The zero-order valence-electron chi connectivity index (χ0n) is 15.2. The van der Waals surface area contributed by atoms with Crippen LogP contribution in [0.2, 0.25) is 0 Å². The number of esters is 2. The normalized spacial score (nSPS) is 10.6. The summed E-state index contributed by atoms with van der Waals surface area (Å²) in [6, 6.07) is 7.36. The number of carbonyl (C=O) groups excluding carboxylic acids is 2. The molecule has 0 saturated carbocycles. The molecule has 0 fully saturated rings. The summed E-state index contributed by atoms with van der Waals surface area (Å²) in [4.78, 5) is 23.2. The first-order valence-corrected chi connectivity index (χ1v) is 8.48. The lowest BCUT2D eigenvalue weighted by Crippen LogP contribution is -2.10. The van der Waals surface area contributed by atoms with Gasteiger partial charge in [0, 0.05) is 30.2 Å². The third-order valence-electron chi connectivity index (χ3n) is 3.90. The monoisotopic (exact) mass is 344 g/mol. The van der Waals surface area contributed by atoms with Crippen LogP contribution in [0.3, 0.4) is 0 Å². The smallest absolute Gasteiger partial charge is 0.308 e. The van der Waals surface area contributed by atoms with Crippen LogP contribution in [0.25, 0.3) is 10.8 Å². The van der Waals surface area contributed by atoms with E-state index in [1.165, 1.54) is 21.0 Å². The van der Waals surface area contributed by atoms with Crippen molar-refractivity contribution in [1.82, 2.24) is 0 Å². The Morgan fingerprint density at radius 2 is 1.44 bits per heavy atom. The van der Waals surface area contributed by atoms with Gasteiger partial charge in [0.25, 0.3) is 0 Å². The van der Waals surface area contributed by atoms with Crippen LogP contribution >= 0.6 is 0 Å². The molecule has 2 rings (SSSR count). The quantitative estimate of drug-likeness (QED) is 0.422. The number of rotatable bonds is 7. The molecule has 0 bridgehead atoms. The molecule has 0 aromatic heterocycles. The standard InChI is InChI=1S/C20H24O5/c1-5-6-7-12-17-18(24-13(2)21)15-10-8-9-11-16(15)20(19(17)23-4)25-14(3)22/h8-11H,5-7,12H2,1-4H3. The van der Waals surface area contributed by atoms with Crippen molar-refractivity contribution in [2.45, 2.75) is 46.5 Å². The highest BCUT2D eigenvalue weighted by atomic mass is 16.6. The van der Waals surface area contributed by atoms with Gasteiger partial charge in [0.1, 0.15) is 5.75 Å². The maximum atomic E-state index is 11.7. The number of unbranched alkanes of at least 4 members (excludes halogenated alkanes) is 2. The fourth-order valence-electron chi connectivity index (χ4n) is 2.90. The molecule has 2 aromatic carbocycles. The molecule has 0 amide bonds. The van der Waals surface area contributed by atoms with Gasteiger partial charge >= 0.3 is 11.9 Å². The topological polar surface area (TPSA) is 61.8 Å². The molecular formula is C20H24O5. The first kappa shape index (κ1) is 18.8. The van der Waals surface area contributed by atoms with Gasteiger partial charge in [0.15, 0.2) is 11.5 Å². The van der Waals surface area contributed by atoms with Gasteiger partial charge in [-0.1, -0.05) is 44.0 Å². The Hall–Kier alpha value is -2.56. The zero-order valence-corrected chi connectivity index (χ0v) is 15.2. The molecular weight excluding hydrogens is 320 g/mol. The minimum Gasteiger partial charge on any atom is -0.492 e. The highest BCUT2D eigenvalue weighted by Gasteiger charge is 2.24. The third kappa shape index (κ3) is 4.29. The van der Waals surface area contributed by atoms with Gasteiger partial charge < -0.3 is 14.2 Å². The Labute approximate surface area is 147 Å². The molecule has 0 unspecified atom stereocenters. The molecule has 2 aromatic rings. The lowest BCUT2D eigenvalue weighted by molar-refractivity contribution is -0.133. The second-order valence-electron chi connectivity index (χ2n) is 5.86. The van der Waals surface area contributed by atoms with Crippen LogP contribution in [0.4, 0.5) is 0 Å². The largest absolute Gasteiger partial charge is 0.492 e. The van der Waals surface area contributed by atoms with Crippen molar-refractivity contribution >= 4 is 22.7 Å². The summed E-state index contributed by atoms with van der Waals surface area (Å²) in [5.41, 5.74) is 0.751. The molecule has 0 radical (unpaired) electrons. The van der Waals surface area contributed by atoms with Gasteiger partial charge in [-0.25, -0.2) is 0 Å². The molecule has 5 nitrogen and oxygen atoms in total. The van der Waals surface area contributed by atoms with Crippen LogP contribution in [-0.4, -0.2) is 19.0 Å². The Morgan fingerprint density at radius 1 is 0.880 bits per heavy atom. The Morgan fingerprint density at radius 3 is 1.96 bits per heavy atom. The van der Waals surface area contributed by atoms with Crippen molar-refractivity contribution in [1.29, 1.82) is 0 Å². The Balaban J connectivity index is 2.76. The zero-order chi connectivity index (χ0) is 18.4. The minimum absolute atomic E-state index is 0.369. The molecule has 0 N–H and O–H groups in total. The van der Waals surface area contributed by atoms with Crippen LogP contribution in [-0.2, 0) is 16.0 Å². The van der Waals surface area contributed by atoms with E-state index >= 15 is 0 Å². The van der Waals surface area contributed by atoms with Gasteiger partial charge in [0.2, 0.25) is 0 Å². The predicted octanol–water partition coefficient (Wildman–Crippen LogP) is 4.43. The molecule has 0 aliphatic heterocycles. The van der Waals surface area contributed by atoms with Crippen LogP contribution in [0.1, 0.15) is 45.6 Å². The van der Waals surface area contributed by atoms with Crippen molar-refractivity contribution in [3.05, 3.63) is 29.8 Å². The molecule has 5 heteroatoms. The third-order valence-corrected chi connectivity index (χ3v) is 3.90. The summed E-state index contributed by atoms with van der Waals surface area (Å²) >= 11 is 0. The van der Waals surface area contributed by atoms with E-state index in [2.05, 4.69) is 6.92 Å². The van der Waals surface area contributed by atoms with Crippen molar-refractivity contribution in [2.24, 2.45) is 0 Å². The first-order chi connectivity index (χ1) is 12.0. The number of fused-ring (bicyclic) bond motifs is 1. The number of benzene rings is 2. The maximum absolute atomic E-state index is 11.7. The van der Waals surface area contributed by atoms with Crippen molar-refractivity contribution in [3.63, 3.8) is 0 Å². The minimum atomic E-state index is -0.428. The van der Waals surface area contributed by atoms with Crippen LogP contribution < -0.4 is 14.2 Å². The fraction of sp³-hybridized carbons (Fsp3) is 0.400. The van der Waals surface area contributed by atoms with E-state index in [1.54, 1.807) is 0 Å². The van der Waals surface area contributed by atoms with Crippen LogP contribution in [0.5, 0.6) is 17.2 Å². The molecule has 0 atom stereocenters. The van der Waals surface area contributed by atoms with Crippen molar-refractivity contribution in [3.8, 4) is 17.2 Å². The SMILES string of the molecule is CCCCCc1c(OC)c(OC(C)=O)c2ccccc2c1OC(C)=O. The number of carbonyl (C=O) groups is 2. The Bertz CT molecular complexity index is 779. The van der Waals surface area contributed by atoms with Gasteiger partial charge in [-0.05, 0) is 12.8 Å². The Kier molecular flexibility index (Phi) is 6.39. The molecule has 0 spiro atoms. The molecule has 134 valence electrons. The van der Waals surface area contributed by atoms with E-state index in [1.807, 2.05) is 24.3 Å². The number of ether oxygens (including phenoxy) is 3. The number of hydrogen-bond donors (Lipinski definition) is 0. The second kappa shape index (κ2) is 8.51. The average molecular weight is 344 g/mol. The highest BCUT2D eigenvalue weighted by Crippen LogP contribution is 2.46. The van der Waals surface area contributed by atoms with Gasteiger partial charge in [-0.2, -0.15) is 0 Å². The van der Waals surface area contributed by atoms with Crippen LogP contribution in [0.15, 0.2) is 24.3 Å². The number of hydrogen-bond acceptors (Lipinski definition) is 5. The first-order valence-electron chi connectivity index (χ1n) is 8.48. The van der Waals surface area contributed by atoms with Crippen LogP contribution in [0, 0.1) is 0 Å². The van der Waals surface area contributed by atoms with Gasteiger partial charge in [-0.3, -0.25) is 9.59 Å². The summed E-state index contributed by atoms with van der Waals surface area (Å²) in [5.74, 6) is 0.466. The van der Waals surface area contributed by atoms with E-state index in [-0.39, 0.29) is 0 Å². The summed E-state index contributed by atoms with van der Waals surface area (Å²) in [5, 5.41) is 1.39. The lowest BCUT2D eigenvalue weighted by atomic mass is 9.98. The van der Waals surface area contributed by atoms with Crippen molar-refractivity contribution < 1.29 is 23.8 Å². The van der Waals surface area contributed by atoms with E-state index in [0.717, 1.165) is 30.2 Å². The van der Waals surface area contributed by atoms with Gasteiger partial charge in [0.05, 0.1) is 7.11 Å². The summed E-state index contributed by atoms with van der Waals surface area (Å²) in [6.45, 7) is 4.84. The average Bonchev–Trinajstić information content (AvgIpc) is 2.57. The predicted molar refractivity (Wildman–Crippen MR) is 96.3 cm³/mol. The summed E-state index contributed by atoms with van der Waals surface area (Å²) in [7, 11) is 1.53. The van der Waals surface area contributed by atoms with E-state index in [9.17, 15) is 9.59 Å². The fourth-order valence-corrected chi connectivity index (χ4v) is 2.90. The molecule has 0 aliphatic carbocycles. The molecule has 0 heterocycles. The second-order valence-corrected chi connectivity index (χ2v) is 5.86. The summed E-state index contributed by atoms with van der Waals surface area (Å²) in [6.07, 6.45) is 3.69. The van der Waals surface area contributed by atoms with E-state index in [4.69, 9.17) is 14.2 Å². The molecule has 0 aliphatic rings.